The van der Waals surface area contributed by atoms with Gasteiger partial charge < -0.3 is 5.32 Å². The van der Waals surface area contributed by atoms with Crippen LogP contribution in [0, 0.1) is 17.2 Å². The summed E-state index contributed by atoms with van der Waals surface area (Å²) in [6.07, 6.45) is -0.970. The average Bonchev–Trinajstić information content (AvgIpc) is 3.36. The molecule has 1 aromatic heterocycles. The van der Waals surface area contributed by atoms with Gasteiger partial charge >= 0.3 is 11.9 Å². The molecule has 152 valence electrons. The number of amides is 1. The standard InChI is InChI=1S/C17H20F3N5O3/c18-17(19,20)10-23-4-3-11(7-23)6-22-14(26)9-25-15(27)12(5-21)8-24(16(25)28)13-1-2-13/h8,11,13H,1-4,6-7,9-10H2,(H,22,26)/t11-/m0/s1. The van der Waals surface area contributed by atoms with E-state index in [-0.39, 0.29) is 30.6 Å². The highest BCUT2D eigenvalue weighted by Gasteiger charge is 2.34. The molecule has 1 aliphatic heterocycles. The first-order valence-electron chi connectivity index (χ1n) is 9.00. The lowest BCUT2D eigenvalue weighted by atomic mass is 10.1. The van der Waals surface area contributed by atoms with Gasteiger partial charge in [0, 0.05) is 25.3 Å². The number of nitrogens with zero attached hydrogens (tertiary/aromatic N) is 4. The lowest BCUT2D eigenvalue weighted by molar-refractivity contribution is -0.143. The third kappa shape index (κ3) is 4.81. The Hall–Kier alpha value is -2.61. The molecule has 1 aromatic rings. The first-order chi connectivity index (χ1) is 13.2. The van der Waals surface area contributed by atoms with Gasteiger partial charge in [-0.3, -0.25) is 19.1 Å². The minimum atomic E-state index is -4.26. The predicted molar refractivity (Wildman–Crippen MR) is 91.6 cm³/mol. The zero-order chi connectivity index (χ0) is 20.5. The number of likely N-dealkylation sites (tertiary alicyclic amines) is 1. The number of halogens is 3. The van der Waals surface area contributed by atoms with Crippen molar-refractivity contribution < 1.29 is 18.0 Å². The van der Waals surface area contributed by atoms with E-state index < -0.39 is 36.4 Å². The van der Waals surface area contributed by atoms with Crippen LogP contribution in [-0.2, 0) is 11.3 Å². The fourth-order valence-electron chi connectivity index (χ4n) is 3.39. The molecule has 1 saturated carbocycles. The van der Waals surface area contributed by atoms with Crippen molar-refractivity contribution in [1.29, 1.82) is 5.26 Å². The normalized spacial score (nSPS) is 20.1. The molecule has 28 heavy (non-hydrogen) atoms. The van der Waals surface area contributed by atoms with Crippen molar-refractivity contribution >= 4 is 5.91 Å². The smallest absolute Gasteiger partial charge is 0.354 e. The second-order valence-corrected chi connectivity index (χ2v) is 7.28. The Labute approximate surface area is 158 Å². The summed E-state index contributed by atoms with van der Waals surface area (Å²) in [5, 5.41) is 11.7. The lowest BCUT2D eigenvalue weighted by Crippen LogP contribution is -2.45. The largest absolute Gasteiger partial charge is 0.401 e. The van der Waals surface area contributed by atoms with Gasteiger partial charge in [-0.2, -0.15) is 18.4 Å². The van der Waals surface area contributed by atoms with Crippen LogP contribution in [0.15, 0.2) is 15.8 Å². The first-order valence-corrected chi connectivity index (χ1v) is 9.00. The van der Waals surface area contributed by atoms with Crippen molar-refractivity contribution in [2.45, 2.75) is 38.0 Å². The molecular weight excluding hydrogens is 379 g/mol. The molecule has 11 heteroatoms. The average molecular weight is 399 g/mol. The van der Waals surface area contributed by atoms with E-state index in [9.17, 15) is 27.6 Å². The number of hydrogen-bond acceptors (Lipinski definition) is 5. The molecule has 0 unspecified atom stereocenters. The van der Waals surface area contributed by atoms with Gasteiger partial charge in [-0.25, -0.2) is 9.36 Å². The van der Waals surface area contributed by atoms with Crippen molar-refractivity contribution in [2.75, 3.05) is 26.2 Å². The minimum absolute atomic E-state index is 0.0624. The van der Waals surface area contributed by atoms with Gasteiger partial charge in [0.15, 0.2) is 0 Å². The van der Waals surface area contributed by atoms with E-state index in [2.05, 4.69) is 5.32 Å². The summed E-state index contributed by atoms with van der Waals surface area (Å²) in [5.41, 5.74) is -1.67. The third-order valence-electron chi connectivity index (χ3n) is 4.92. The number of nitrogens with one attached hydrogen (secondary N) is 1. The van der Waals surface area contributed by atoms with Crippen molar-refractivity contribution in [3.63, 3.8) is 0 Å². The highest BCUT2D eigenvalue weighted by atomic mass is 19.4. The van der Waals surface area contributed by atoms with Crippen LogP contribution in [0.1, 0.15) is 30.9 Å². The third-order valence-corrected chi connectivity index (χ3v) is 4.92. The van der Waals surface area contributed by atoms with E-state index in [0.717, 1.165) is 17.4 Å². The Kier molecular flexibility index (Phi) is 5.60. The zero-order valence-electron chi connectivity index (χ0n) is 15.0. The Morgan fingerprint density at radius 2 is 2.00 bits per heavy atom. The maximum Gasteiger partial charge on any atom is 0.401 e. The molecule has 0 radical (unpaired) electrons. The Bertz CT molecular complexity index is 911. The maximum atomic E-state index is 12.4. The zero-order valence-corrected chi connectivity index (χ0v) is 15.0. The van der Waals surface area contributed by atoms with Crippen molar-refractivity contribution in [3.8, 4) is 6.07 Å². The molecule has 8 nitrogen and oxygen atoms in total. The van der Waals surface area contributed by atoms with Gasteiger partial charge in [-0.1, -0.05) is 0 Å². The summed E-state index contributed by atoms with van der Waals surface area (Å²) < 4.78 is 39.3. The van der Waals surface area contributed by atoms with Crippen LogP contribution in [0.5, 0.6) is 0 Å². The molecule has 1 N–H and O–H groups in total. The fraction of sp³-hybridized carbons (Fsp3) is 0.647. The Balaban J connectivity index is 1.60. The minimum Gasteiger partial charge on any atom is -0.354 e. The molecule has 2 heterocycles. The summed E-state index contributed by atoms with van der Waals surface area (Å²) in [5.74, 6) is -0.720. The Morgan fingerprint density at radius 1 is 1.29 bits per heavy atom. The monoisotopic (exact) mass is 399 g/mol. The van der Waals surface area contributed by atoms with Crippen molar-refractivity contribution in [2.24, 2.45) is 5.92 Å². The molecule has 2 aliphatic rings. The molecule has 2 fully saturated rings. The van der Waals surface area contributed by atoms with Gasteiger partial charge in [0.05, 0.1) is 6.54 Å². The number of hydrogen-bond donors (Lipinski definition) is 1. The van der Waals surface area contributed by atoms with Crippen LogP contribution >= 0.6 is 0 Å². The highest BCUT2D eigenvalue weighted by molar-refractivity contribution is 5.75. The van der Waals surface area contributed by atoms with Gasteiger partial charge in [0.25, 0.3) is 5.56 Å². The molecule has 0 aromatic carbocycles. The SMILES string of the molecule is N#Cc1cn(C2CC2)c(=O)n(CC(=O)NC[C@@H]2CCN(CC(F)(F)F)C2)c1=O. The molecule has 1 amide bonds. The molecule has 0 spiro atoms. The van der Waals surface area contributed by atoms with E-state index >= 15 is 0 Å². The van der Waals surface area contributed by atoms with E-state index in [1.54, 1.807) is 6.07 Å². The van der Waals surface area contributed by atoms with E-state index in [4.69, 9.17) is 5.26 Å². The summed E-state index contributed by atoms with van der Waals surface area (Å²) in [7, 11) is 0. The second kappa shape index (κ2) is 7.79. The van der Waals surface area contributed by atoms with Crippen molar-refractivity contribution in [3.05, 3.63) is 32.6 Å². The number of rotatable bonds is 6. The highest BCUT2D eigenvalue weighted by Crippen LogP contribution is 2.33. The number of carbonyl (C=O) groups excluding carboxylic acids is 1. The molecule has 1 aliphatic carbocycles. The summed E-state index contributed by atoms with van der Waals surface area (Å²) in [4.78, 5) is 38.1. The molecular formula is C17H20F3N5O3. The molecule has 0 bridgehead atoms. The van der Waals surface area contributed by atoms with E-state index in [1.807, 2.05) is 0 Å². The molecule has 3 rings (SSSR count). The van der Waals surface area contributed by atoms with Crippen LogP contribution in [-0.4, -0.2) is 52.3 Å². The Morgan fingerprint density at radius 3 is 2.61 bits per heavy atom. The summed E-state index contributed by atoms with van der Waals surface area (Å²) in [6.45, 7) is -0.821. The quantitative estimate of drug-likeness (QED) is 0.738. The van der Waals surface area contributed by atoms with Crippen LogP contribution in [0.3, 0.4) is 0 Å². The number of aromatic nitrogens is 2. The maximum absolute atomic E-state index is 12.4. The van der Waals surface area contributed by atoms with Gasteiger partial charge in [-0.15, -0.1) is 0 Å². The lowest BCUT2D eigenvalue weighted by Gasteiger charge is -2.18. The number of carbonyl (C=O) groups is 1. The second-order valence-electron chi connectivity index (χ2n) is 7.28. The molecule has 1 saturated heterocycles. The topological polar surface area (TPSA) is 100 Å². The summed E-state index contributed by atoms with van der Waals surface area (Å²) >= 11 is 0. The fourth-order valence-corrected chi connectivity index (χ4v) is 3.39. The van der Waals surface area contributed by atoms with Crippen LogP contribution in [0.4, 0.5) is 13.2 Å². The van der Waals surface area contributed by atoms with Crippen LogP contribution < -0.4 is 16.6 Å². The summed E-state index contributed by atoms with van der Waals surface area (Å²) in [6, 6.07) is 1.67. The van der Waals surface area contributed by atoms with Gasteiger partial charge in [0.2, 0.25) is 5.91 Å². The first kappa shape index (κ1) is 20.1. The van der Waals surface area contributed by atoms with Crippen molar-refractivity contribution in [1.82, 2.24) is 19.4 Å². The van der Waals surface area contributed by atoms with E-state index in [0.29, 0.717) is 13.0 Å². The predicted octanol–water partition coefficient (Wildman–Crippen LogP) is 0.217. The molecule has 1 atom stereocenters. The van der Waals surface area contributed by atoms with E-state index in [1.165, 1.54) is 15.7 Å². The van der Waals surface area contributed by atoms with Gasteiger partial charge in [0.1, 0.15) is 18.2 Å². The van der Waals surface area contributed by atoms with Crippen LogP contribution in [0.2, 0.25) is 0 Å². The number of nitriles is 1. The van der Waals surface area contributed by atoms with Crippen LogP contribution in [0.25, 0.3) is 0 Å². The van der Waals surface area contributed by atoms with Gasteiger partial charge in [-0.05, 0) is 31.7 Å². The number of alkyl halides is 3.